The molecule has 8 N–H and O–H groups in total. The number of fused-ring (bicyclic) bond motifs is 1. The van der Waals surface area contributed by atoms with Crippen LogP contribution in [-0.4, -0.2) is 65.3 Å². The fraction of sp³-hybridized carbons (Fsp3) is 0.583. The number of nitrogens with zero attached hydrogens (tertiary/aromatic N) is 2. The van der Waals surface area contributed by atoms with Gasteiger partial charge in [-0.05, 0) is 6.92 Å². The lowest BCUT2D eigenvalue weighted by atomic mass is 9.60. The van der Waals surface area contributed by atoms with Gasteiger partial charge in [0.1, 0.15) is 0 Å². The van der Waals surface area contributed by atoms with Crippen molar-refractivity contribution in [3.8, 4) is 0 Å². The molecule has 122 valence electrons. The molecule has 1 aliphatic carbocycles. The zero-order valence-corrected chi connectivity index (χ0v) is 11.9. The number of nitrogens with one attached hydrogen (secondary N) is 2. The maximum Gasteiger partial charge on any atom is 0.278 e. The van der Waals surface area contributed by atoms with Crippen LogP contribution >= 0.6 is 0 Å². The Morgan fingerprint density at radius 3 is 2.64 bits per heavy atom. The third kappa shape index (κ3) is 2.68. The quantitative estimate of drug-likeness (QED) is 0.319. The molecule has 1 fully saturated rings. The van der Waals surface area contributed by atoms with E-state index < -0.39 is 17.6 Å². The standard InChI is InChI=1S/C7H14O4.C5H5N5O/c1-7(11)5(3-9)4(2-8)6(7)10;6-5-9-3-2(4(11)10-5)7-1-8-3/h4-6,8-11H,2-3H2,1H3;1H,(H4,6,7,8,9,10,11)/t4?,5?,6-,7?;/m0./s1. The number of aromatic nitrogens is 4. The molecule has 10 heteroatoms. The summed E-state index contributed by atoms with van der Waals surface area (Å²) in [6.07, 6.45) is 0.483. The summed E-state index contributed by atoms with van der Waals surface area (Å²) >= 11 is 0. The minimum atomic E-state index is -1.23. The van der Waals surface area contributed by atoms with E-state index in [0.29, 0.717) is 11.2 Å². The monoisotopic (exact) mass is 313 g/mol. The molecule has 2 aromatic heterocycles. The molecule has 0 saturated heterocycles. The fourth-order valence-electron chi connectivity index (χ4n) is 2.59. The number of imidazole rings is 1. The first kappa shape index (κ1) is 16.4. The molecule has 3 rings (SSSR count). The summed E-state index contributed by atoms with van der Waals surface area (Å²) in [6, 6.07) is 0. The molecular formula is C12H19N5O5. The van der Waals surface area contributed by atoms with Gasteiger partial charge in [-0.25, -0.2) is 4.98 Å². The van der Waals surface area contributed by atoms with Gasteiger partial charge in [0, 0.05) is 25.0 Å². The van der Waals surface area contributed by atoms with Crippen molar-refractivity contribution in [2.45, 2.75) is 18.6 Å². The van der Waals surface area contributed by atoms with E-state index in [1.165, 1.54) is 13.3 Å². The Hall–Kier alpha value is -2.01. The van der Waals surface area contributed by atoms with Gasteiger partial charge in [-0.2, -0.15) is 4.98 Å². The largest absolute Gasteiger partial charge is 0.396 e. The molecule has 0 spiro atoms. The van der Waals surface area contributed by atoms with Crippen molar-refractivity contribution in [3.05, 3.63) is 16.7 Å². The molecule has 4 atom stereocenters. The van der Waals surface area contributed by atoms with E-state index in [0.717, 1.165) is 0 Å². The van der Waals surface area contributed by atoms with Crippen LogP contribution in [-0.2, 0) is 0 Å². The van der Waals surface area contributed by atoms with Crippen molar-refractivity contribution >= 4 is 17.1 Å². The van der Waals surface area contributed by atoms with E-state index >= 15 is 0 Å². The van der Waals surface area contributed by atoms with E-state index in [9.17, 15) is 15.0 Å². The van der Waals surface area contributed by atoms with Gasteiger partial charge < -0.3 is 31.1 Å². The Balaban J connectivity index is 0.000000160. The Morgan fingerprint density at radius 2 is 2.09 bits per heavy atom. The zero-order chi connectivity index (χ0) is 16.5. The Bertz CT molecular complexity index is 697. The second-order valence-electron chi connectivity index (χ2n) is 5.36. The van der Waals surface area contributed by atoms with Gasteiger partial charge >= 0.3 is 0 Å². The topological polar surface area (TPSA) is 181 Å². The first-order chi connectivity index (χ1) is 10.3. The van der Waals surface area contributed by atoms with Crippen molar-refractivity contribution in [2.24, 2.45) is 11.8 Å². The number of nitrogen functional groups attached to an aromatic ring is 1. The number of aliphatic hydroxyl groups excluding tert-OH is 3. The number of aromatic amines is 2. The molecule has 2 aromatic rings. The van der Waals surface area contributed by atoms with Crippen LogP contribution in [0.5, 0.6) is 0 Å². The summed E-state index contributed by atoms with van der Waals surface area (Å²) in [5.74, 6) is -0.702. The fourth-order valence-corrected chi connectivity index (χ4v) is 2.59. The highest BCUT2D eigenvalue weighted by molar-refractivity contribution is 5.69. The number of aliphatic hydroxyl groups is 4. The molecular weight excluding hydrogens is 294 g/mol. The van der Waals surface area contributed by atoms with Crippen LogP contribution in [0, 0.1) is 11.8 Å². The average Bonchev–Trinajstić information content (AvgIpc) is 2.92. The molecule has 0 amide bonds. The van der Waals surface area contributed by atoms with Crippen LogP contribution in [0.2, 0.25) is 0 Å². The summed E-state index contributed by atoms with van der Waals surface area (Å²) < 4.78 is 0. The third-order valence-electron chi connectivity index (χ3n) is 3.99. The average molecular weight is 313 g/mol. The van der Waals surface area contributed by atoms with Crippen molar-refractivity contribution in [2.75, 3.05) is 18.9 Å². The molecule has 1 aliphatic rings. The van der Waals surface area contributed by atoms with Crippen LogP contribution in [0.4, 0.5) is 5.95 Å². The molecule has 0 radical (unpaired) electrons. The van der Waals surface area contributed by atoms with Gasteiger partial charge in [-0.1, -0.05) is 0 Å². The van der Waals surface area contributed by atoms with Gasteiger partial charge in [0.05, 0.1) is 18.0 Å². The van der Waals surface area contributed by atoms with Crippen molar-refractivity contribution < 1.29 is 20.4 Å². The molecule has 1 saturated carbocycles. The number of H-pyrrole nitrogens is 2. The maximum absolute atomic E-state index is 11.0. The minimum absolute atomic E-state index is 0.0783. The van der Waals surface area contributed by atoms with Crippen LogP contribution in [0.1, 0.15) is 6.92 Å². The Labute approximate surface area is 124 Å². The maximum atomic E-state index is 11.0. The zero-order valence-electron chi connectivity index (χ0n) is 11.9. The lowest BCUT2D eigenvalue weighted by Gasteiger charge is -2.52. The SMILES string of the molecule is CC1(O)C(CO)C(CO)[C@@H]1O.Nc1nc2nc[nH]c2c(=O)[nH]1. The van der Waals surface area contributed by atoms with Crippen molar-refractivity contribution in [1.82, 2.24) is 19.9 Å². The first-order valence-corrected chi connectivity index (χ1v) is 6.64. The smallest absolute Gasteiger partial charge is 0.278 e. The van der Waals surface area contributed by atoms with Gasteiger partial charge in [-0.15, -0.1) is 0 Å². The summed E-state index contributed by atoms with van der Waals surface area (Å²) in [6.45, 7) is 1.07. The number of anilines is 1. The minimum Gasteiger partial charge on any atom is -0.396 e. The summed E-state index contributed by atoms with van der Waals surface area (Å²) in [7, 11) is 0. The highest BCUT2D eigenvalue weighted by Crippen LogP contribution is 2.43. The van der Waals surface area contributed by atoms with E-state index in [4.69, 9.17) is 15.9 Å². The van der Waals surface area contributed by atoms with Crippen molar-refractivity contribution in [3.63, 3.8) is 0 Å². The van der Waals surface area contributed by atoms with Crippen LogP contribution in [0.25, 0.3) is 11.2 Å². The van der Waals surface area contributed by atoms with Gasteiger partial charge in [0.25, 0.3) is 5.56 Å². The summed E-state index contributed by atoms with van der Waals surface area (Å²) in [5, 5.41) is 36.1. The van der Waals surface area contributed by atoms with Gasteiger partial charge in [-0.3, -0.25) is 9.78 Å². The Morgan fingerprint density at radius 1 is 1.41 bits per heavy atom. The predicted molar refractivity (Wildman–Crippen MR) is 76.7 cm³/mol. The van der Waals surface area contributed by atoms with Crippen LogP contribution in [0.3, 0.4) is 0 Å². The second-order valence-corrected chi connectivity index (χ2v) is 5.36. The lowest BCUT2D eigenvalue weighted by Crippen LogP contribution is -2.66. The highest BCUT2D eigenvalue weighted by atomic mass is 16.4. The summed E-state index contributed by atoms with van der Waals surface area (Å²) in [5.41, 5.74) is 4.41. The predicted octanol–water partition coefficient (Wildman–Crippen LogP) is -2.44. The molecule has 10 nitrogen and oxygen atoms in total. The molecule has 22 heavy (non-hydrogen) atoms. The third-order valence-corrected chi connectivity index (χ3v) is 3.99. The normalized spacial score (nSPS) is 30.5. The number of hydrogen-bond acceptors (Lipinski definition) is 8. The summed E-state index contributed by atoms with van der Waals surface area (Å²) in [4.78, 5) is 23.5. The number of rotatable bonds is 2. The molecule has 0 aromatic carbocycles. The molecule has 0 aliphatic heterocycles. The number of hydrogen-bond donors (Lipinski definition) is 7. The van der Waals surface area contributed by atoms with Crippen LogP contribution in [0.15, 0.2) is 11.1 Å². The lowest BCUT2D eigenvalue weighted by molar-refractivity contribution is -0.241. The van der Waals surface area contributed by atoms with Crippen molar-refractivity contribution in [1.29, 1.82) is 0 Å². The van der Waals surface area contributed by atoms with Crippen LogP contribution < -0.4 is 11.3 Å². The first-order valence-electron chi connectivity index (χ1n) is 6.64. The molecule has 0 bridgehead atoms. The van der Waals surface area contributed by atoms with E-state index in [-0.39, 0.29) is 30.6 Å². The second kappa shape index (κ2) is 6.01. The number of nitrogens with two attached hydrogens (primary N) is 1. The van der Waals surface area contributed by atoms with E-state index in [2.05, 4.69) is 19.9 Å². The highest BCUT2D eigenvalue weighted by Gasteiger charge is 2.57. The molecule has 2 heterocycles. The van der Waals surface area contributed by atoms with E-state index in [1.807, 2.05) is 0 Å². The van der Waals surface area contributed by atoms with Gasteiger partial charge in [0.15, 0.2) is 11.2 Å². The molecule has 3 unspecified atom stereocenters. The Kier molecular flexibility index (Phi) is 4.47. The van der Waals surface area contributed by atoms with E-state index in [1.54, 1.807) is 0 Å². The van der Waals surface area contributed by atoms with Gasteiger partial charge in [0.2, 0.25) is 5.95 Å².